The lowest BCUT2D eigenvalue weighted by atomic mass is 9.95. The SMILES string of the molecule is CC(C)=C1C(=O)N(c2ccc(O)cc2)C(=O)/C1=C(\C)c1cc(C)oc1C. The predicted molar refractivity (Wildman–Crippen MR) is 99.7 cm³/mol. The Hall–Kier alpha value is -3.08. The van der Waals surface area contributed by atoms with E-state index in [-0.39, 0.29) is 17.6 Å². The second-order valence-electron chi connectivity index (χ2n) is 6.66. The van der Waals surface area contributed by atoms with Gasteiger partial charge in [-0.3, -0.25) is 9.59 Å². The molecule has 2 aromatic rings. The van der Waals surface area contributed by atoms with Gasteiger partial charge in [-0.2, -0.15) is 0 Å². The standard InChI is InChI=1S/C21H21NO4/c1-11(2)18-19(13(4)17-10-12(3)26-14(17)5)21(25)22(20(18)24)15-6-8-16(23)9-7-15/h6-10,23H,1-5H3/b19-13+. The van der Waals surface area contributed by atoms with Gasteiger partial charge in [-0.25, -0.2) is 4.90 Å². The van der Waals surface area contributed by atoms with E-state index in [4.69, 9.17) is 4.42 Å². The van der Waals surface area contributed by atoms with Crippen LogP contribution in [0.25, 0.3) is 5.57 Å². The minimum Gasteiger partial charge on any atom is -0.508 e. The molecule has 134 valence electrons. The van der Waals surface area contributed by atoms with Crippen LogP contribution in [0.2, 0.25) is 0 Å². The fourth-order valence-electron chi connectivity index (χ4n) is 3.32. The van der Waals surface area contributed by atoms with Crippen molar-refractivity contribution < 1.29 is 19.1 Å². The number of imide groups is 1. The number of rotatable bonds is 2. The van der Waals surface area contributed by atoms with E-state index < -0.39 is 0 Å². The Bertz CT molecular complexity index is 970. The van der Waals surface area contributed by atoms with Crippen LogP contribution in [0, 0.1) is 13.8 Å². The zero-order valence-corrected chi connectivity index (χ0v) is 15.5. The monoisotopic (exact) mass is 351 g/mol. The number of amides is 2. The van der Waals surface area contributed by atoms with E-state index >= 15 is 0 Å². The summed E-state index contributed by atoms with van der Waals surface area (Å²) in [5.74, 6) is 0.819. The molecule has 0 spiro atoms. The highest BCUT2D eigenvalue weighted by atomic mass is 16.3. The molecule has 1 aliphatic rings. The van der Waals surface area contributed by atoms with Gasteiger partial charge in [0.05, 0.1) is 16.8 Å². The van der Waals surface area contributed by atoms with Gasteiger partial charge in [0.25, 0.3) is 11.8 Å². The maximum absolute atomic E-state index is 13.2. The summed E-state index contributed by atoms with van der Waals surface area (Å²) in [7, 11) is 0. The number of phenols is 1. The van der Waals surface area contributed by atoms with E-state index in [0.29, 0.717) is 22.6 Å². The Kier molecular flexibility index (Phi) is 4.32. The second kappa shape index (κ2) is 6.33. The molecule has 5 heteroatoms. The molecule has 26 heavy (non-hydrogen) atoms. The number of aryl methyl sites for hydroxylation is 2. The van der Waals surface area contributed by atoms with Crippen LogP contribution in [-0.2, 0) is 9.59 Å². The van der Waals surface area contributed by atoms with Crippen molar-refractivity contribution in [3.05, 3.63) is 64.1 Å². The normalized spacial score (nSPS) is 16.5. The Morgan fingerprint density at radius 3 is 2.04 bits per heavy atom. The van der Waals surface area contributed by atoms with E-state index in [1.54, 1.807) is 12.1 Å². The van der Waals surface area contributed by atoms with Crippen molar-refractivity contribution in [3.8, 4) is 5.75 Å². The summed E-state index contributed by atoms with van der Waals surface area (Å²) in [6.07, 6.45) is 0. The molecule has 0 aliphatic carbocycles. The Labute approximate surface area is 152 Å². The molecule has 0 radical (unpaired) electrons. The van der Waals surface area contributed by atoms with E-state index in [2.05, 4.69) is 0 Å². The molecule has 5 nitrogen and oxygen atoms in total. The third-order valence-corrected chi connectivity index (χ3v) is 4.51. The molecule has 1 N–H and O–H groups in total. The molecule has 2 heterocycles. The Balaban J connectivity index is 2.22. The maximum atomic E-state index is 13.2. The fourth-order valence-corrected chi connectivity index (χ4v) is 3.32. The van der Waals surface area contributed by atoms with Crippen LogP contribution in [0.15, 0.2) is 51.5 Å². The van der Waals surface area contributed by atoms with Crippen LogP contribution in [0.4, 0.5) is 5.69 Å². The highest BCUT2D eigenvalue weighted by Gasteiger charge is 2.42. The summed E-state index contributed by atoms with van der Waals surface area (Å²) in [5.41, 5.74) is 3.56. The van der Waals surface area contributed by atoms with Crippen molar-refractivity contribution in [2.45, 2.75) is 34.6 Å². The zero-order chi connectivity index (χ0) is 19.2. The summed E-state index contributed by atoms with van der Waals surface area (Å²) in [4.78, 5) is 27.3. The first-order valence-electron chi connectivity index (χ1n) is 8.36. The van der Waals surface area contributed by atoms with Gasteiger partial charge in [0.15, 0.2) is 0 Å². The topological polar surface area (TPSA) is 70.8 Å². The smallest absolute Gasteiger partial charge is 0.266 e. The first-order valence-corrected chi connectivity index (χ1v) is 8.36. The van der Waals surface area contributed by atoms with Gasteiger partial charge in [0, 0.05) is 5.56 Å². The molecule has 0 saturated carbocycles. The van der Waals surface area contributed by atoms with Crippen LogP contribution in [0.5, 0.6) is 5.75 Å². The molecule has 0 unspecified atom stereocenters. The van der Waals surface area contributed by atoms with Gasteiger partial charge < -0.3 is 9.52 Å². The highest BCUT2D eigenvalue weighted by molar-refractivity contribution is 6.39. The molecule has 3 rings (SSSR count). The van der Waals surface area contributed by atoms with Gasteiger partial charge in [-0.1, -0.05) is 5.57 Å². The summed E-state index contributed by atoms with van der Waals surface area (Å²) in [6, 6.07) is 7.90. The second-order valence-corrected chi connectivity index (χ2v) is 6.66. The number of carbonyl (C=O) groups is 2. The lowest BCUT2D eigenvalue weighted by molar-refractivity contribution is -0.119. The van der Waals surface area contributed by atoms with E-state index in [1.165, 1.54) is 12.1 Å². The van der Waals surface area contributed by atoms with Crippen molar-refractivity contribution >= 4 is 23.1 Å². The van der Waals surface area contributed by atoms with Crippen LogP contribution < -0.4 is 4.90 Å². The number of phenolic OH excluding ortho intramolecular Hbond substituents is 1. The third-order valence-electron chi connectivity index (χ3n) is 4.51. The molecular formula is C21H21NO4. The highest BCUT2D eigenvalue weighted by Crippen LogP contribution is 2.38. The number of carbonyl (C=O) groups excluding carboxylic acids is 2. The van der Waals surface area contributed by atoms with Crippen molar-refractivity contribution in [1.82, 2.24) is 0 Å². The van der Waals surface area contributed by atoms with Crippen molar-refractivity contribution in [3.63, 3.8) is 0 Å². The molecule has 1 aromatic heterocycles. The van der Waals surface area contributed by atoms with Crippen LogP contribution in [-0.4, -0.2) is 16.9 Å². The Morgan fingerprint density at radius 2 is 1.54 bits per heavy atom. The number of nitrogens with zero attached hydrogens (tertiary/aromatic N) is 1. The average Bonchev–Trinajstić information content (AvgIpc) is 3.04. The summed E-state index contributed by atoms with van der Waals surface area (Å²) < 4.78 is 5.59. The number of aromatic hydroxyl groups is 1. The van der Waals surface area contributed by atoms with Gasteiger partial charge in [-0.05, 0) is 70.5 Å². The van der Waals surface area contributed by atoms with Gasteiger partial charge in [0.1, 0.15) is 17.3 Å². The lowest BCUT2D eigenvalue weighted by Crippen LogP contribution is -2.29. The quantitative estimate of drug-likeness (QED) is 0.647. The molecule has 1 saturated heterocycles. The van der Waals surface area contributed by atoms with E-state index in [0.717, 1.165) is 27.4 Å². The van der Waals surface area contributed by atoms with E-state index in [1.807, 2.05) is 40.7 Å². The van der Waals surface area contributed by atoms with Gasteiger partial charge in [-0.15, -0.1) is 0 Å². The fraction of sp³-hybridized carbons (Fsp3) is 0.238. The number of anilines is 1. The van der Waals surface area contributed by atoms with Crippen molar-refractivity contribution in [1.29, 1.82) is 0 Å². The van der Waals surface area contributed by atoms with Gasteiger partial charge in [0.2, 0.25) is 0 Å². The minimum atomic E-state index is -0.368. The van der Waals surface area contributed by atoms with Crippen LogP contribution in [0.1, 0.15) is 37.9 Å². The molecular weight excluding hydrogens is 330 g/mol. The largest absolute Gasteiger partial charge is 0.508 e. The number of benzene rings is 1. The van der Waals surface area contributed by atoms with Crippen molar-refractivity contribution in [2.24, 2.45) is 0 Å². The summed E-state index contributed by atoms with van der Waals surface area (Å²) in [5, 5.41) is 9.48. The number of hydrogen-bond acceptors (Lipinski definition) is 4. The Morgan fingerprint density at radius 1 is 0.962 bits per heavy atom. The average molecular weight is 351 g/mol. The van der Waals surface area contributed by atoms with E-state index in [9.17, 15) is 14.7 Å². The van der Waals surface area contributed by atoms with Crippen LogP contribution in [0.3, 0.4) is 0 Å². The minimum absolute atomic E-state index is 0.0757. The molecule has 1 aromatic carbocycles. The van der Waals surface area contributed by atoms with Crippen molar-refractivity contribution in [2.75, 3.05) is 4.90 Å². The number of furan rings is 1. The lowest BCUT2D eigenvalue weighted by Gasteiger charge is -2.13. The summed E-state index contributed by atoms with van der Waals surface area (Å²) >= 11 is 0. The molecule has 1 fully saturated rings. The molecule has 0 atom stereocenters. The predicted octanol–water partition coefficient (Wildman–Crippen LogP) is 4.29. The molecule has 1 aliphatic heterocycles. The number of allylic oxidation sites excluding steroid dienone is 2. The molecule has 0 bridgehead atoms. The first kappa shape index (κ1) is 17.7. The molecule has 2 amide bonds. The first-order chi connectivity index (χ1) is 12.2. The maximum Gasteiger partial charge on any atom is 0.266 e. The summed E-state index contributed by atoms with van der Waals surface area (Å²) in [6.45, 7) is 9.17. The zero-order valence-electron chi connectivity index (χ0n) is 15.5. The van der Waals surface area contributed by atoms with Crippen LogP contribution >= 0.6 is 0 Å². The third kappa shape index (κ3) is 2.75. The van der Waals surface area contributed by atoms with Gasteiger partial charge >= 0.3 is 0 Å². The number of hydrogen-bond donors (Lipinski definition) is 1.